The van der Waals surface area contributed by atoms with Crippen molar-refractivity contribution in [2.24, 2.45) is 0 Å². The summed E-state index contributed by atoms with van der Waals surface area (Å²) in [7, 11) is 0. The molecule has 5 nitrogen and oxygen atoms in total. The van der Waals surface area contributed by atoms with E-state index in [1.54, 1.807) is 4.90 Å². The minimum Gasteiger partial charge on any atom is -0.395 e. The quantitative estimate of drug-likeness (QED) is 0.339. The number of hydrogen-bond donors (Lipinski definition) is 4. The Morgan fingerprint density at radius 1 is 0.917 bits per heavy atom. The Labute approximate surface area is 71.9 Å². The Bertz CT molecular complexity index is 93.4. The maximum atomic E-state index is 8.58. The van der Waals surface area contributed by atoms with Gasteiger partial charge in [0.05, 0.1) is 13.2 Å². The van der Waals surface area contributed by atoms with E-state index in [1.165, 1.54) is 0 Å². The fourth-order valence-corrected chi connectivity index (χ4v) is 0.916. The molecule has 0 fully saturated rings. The van der Waals surface area contributed by atoms with Gasteiger partial charge < -0.3 is 20.4 Å². The minimum absolute atomic E-state index is 0.0154. The Hall–Kier alpha value is -0.200. The molecule has 0 rings (SSSR count). The predicted octanol–water partition coefficient (Wildman–Crippen LogP) is -2.03. The first-order chi connectivity index (χ1) is 5.70. The van der Waals surface area contributed by atoms with Crippen molar-refractivity contribution in [2.45, 2.75) is 12.7 Å². The average Bonchev–Trinajstić information content (AvgIpc) is 2.01. The van der Waals surface area contributed by atoms with Gasteiger partial charge in [0.25, 0.3) is 0 Å². The lowest BCUT2D eigenvalue weighted by atomic mass is 10.3. The van der Waals surface area contributed by atoms with Crippen molar-refractivity contribution in [3.8, 4) is 0 Å². The highest BCUT2D eigenvalue weighted by Crippen LogP contribution is 1.93. The van der Waals surface area contributed by atoms with Crippen molar-refractivity contribution in [1.82, 2.24) is 4.90 Å². The van der Waals surface area contributed by atoms with Gasteiger partial charge in [-0.1, -0.05) is 0 Å². The highest BCUT2D eigenvalue weighted by Gasteiger charge is 2.05. The van der Waals surface area contributed by atoms with E-state index >= 15 is 0 Å². The largest absolute Gasteiger partial charge is 0.395 e. The maximum Gasteiger partial charge on any atom is 0.152 e. The molecule has 0 amide bonds. The summed E-state index contributed by atoms with van der Waals surface area (Å²) in [5, 5.41) is 34.2. The summed E-state index contributed by atoms with van der Waals surface area (Å²) in [4.78, 5) is 1.76. The van der Waals surface area contributed by atoms with E-state index in [4.69, 9.17) is 20.4 Å². The van der Waals surface area contributed by atoms with E-state index in [9.17, 15) is 0 Å². The highest BCUT2D eigenvalue weighted by atomic mass is 16.5. The molecule has 0 spiro atoms. The monoisotopic (exact) mass is 179 g/mol. The summed E-state index contributed by atoms with van der Waals surface area (Å²) < 4.78 is 0. The van der Waals surface area contributed by atoms with Gasteiger partial charge in [-0.15, -0.1) is 0 Å². The zero-order chi connectivity index (χ0) is 9.40. The number of rotatable bonds is 7. The van der Waals surface area contributed by atoms with E-state index in [0.717, 1.165) is 0 Å². The van der Waals surface area contributed by atoms with Crippen LogP contribution >= 0.6 is 0 Å². The molecule has 0 unspecified atom stereocenters. The van der Waals surface area contributed by atoms with Crippen LogP contribution in [0.5, 0.6) is 0 Å². The second-order valence-electron chi connectivity index (χ2n) is 2.56. The van der Waals surface area contributed by atoms with E-state index in [-0.39, 0.29) is 19.6 Å². The van der Waals surface area contributed by atoms with Crippen molar-refractivity contribution in [1.29, 1.82) is 0 Å². The summed E-state index contributed by atoms with van der Waals surface area (Å²) in [5.41, 5.74) is 0. The number of aliphatic hydroxyl groups is 4. The molecular weight excluding hydrogens is 162 g/mol. The van der Waals surface area contributed by atoms with Crippen molar-refractivity contribution in [3.05, 3.63) is 0 Å². The van der Waals surface area contributed by atoms with Gasteiger partial charge in [-0.2, -0.15) is 0 Å². The molecule has 0 aromatic heterocycles. The molecule has 0 aromatic carbocycles. The van der Waals surface area contributed by atoms with E-state index < -0.39 is 6.29 Å². The smallest absolute Gasteiger partial charge is 0.152 e. The van der Waals surface area contributed by atoms with Crippen molar-refractivity contribution in [2.75, 3.05) is 32.8 Å². The Morgan fingerprint density at radius 2 is 1.42 bits per heavy atom. The van der Waals surface area contributed by atoms with Crippen molar-refractivity contribution >= 4 is 0 Å². The summed E-state index contributed by atoms with van der Waals surface area (Å²) >= 11 is 0. The van der Waals surface area contributed by atoms with Crippen LogP contribution in [0.2, 0.25) is 0 Å². The topological polar surface area (TPSA) is 84.2 Å². The standard InChI is InChI=1S/C7H17NO4/c9-5-3-8(4-6-10)2-1-7(11)12/h7,9-12H,1-6H2. The van der Waals surface area contributed by atoms with Gasteiger partial charge in [0.1, 0.15) is 0 Å². The SMILES string of the molecule is OCCN(CCO)CCC(O)O. The Balaban J connectivity index is 3.48. The zero-order valence-electron chi connectivity index (χ0n) is 7.06. The first kappa shape index (κ1) is 11.8. The molecule has 0 aliphatic rings. The Kier molecular flexibility index (Phi) is 7.33. The van der Waals surface area contributed by atoms with Crippen LogP contribution in [-0.2, 0) is 0 Å². The first-order valence-corrected chi connectivity index (χ1v) is 4.01. The lowest BCUT2D eigenvalue weighted by Gasteiger charge is -2.20. The minimum atomic E-state index is -1.31. The van der Waals surface area contributed by atoms with Crippen LogP contribution in [-0.4, -0.2) is 64.5 Å². The van der Waals surface area contributed by atoms with Gasteiger partial charge in [0, 0.05) is 26.1 Å². The zero-order valence-corrected chi connectivity index (χ0v) is 7.06. The first-order valence-electron chi connectivity index (χ1n) is 4.01. The molecule has 5 heteroatoms. The van der Waals surface area contributed by atoms with Crippen LogP contribution in [0.1, 0.15) is 6.42 Å². The van der Waals surface area contributed by atoms with Gasteiger partial charge in [-0.25, -0.2) is 0 Å². The third kappa shape index (κ3) is 6.51. The van der Waals surface area contributed by atoms with Crippen LogP contribution in [0.4, 0.5) is 0 Å². The molecule has 74 valence electrons. The molecular formula is C7H17NO4. The maximum absolute atomic E-state index is 8.58. The fraction of sp³-hybridized carbons (Fsp3) is 1.00. The van der Waals surface area contributed by atoms with Crippen molar-refractivity contribution in [3.63, 3.8) is 0 Å². The molecule has 0 radical (unpaired) electrons. The van der Waals surface area contributed by atoms with Crippen LogP contribution in [0, 0.1) is 0 Å². The molecule has 0 saturated carbocycles. The van der Waals surface area contributed by atoms with Gasteiger partial charge in [-0.05, 0) is 0 Å². The van der Waals surface area contributed by atoms with E-state index in [2.05, 4.69) is 0 Å². The number of aliphatic hydroxyl groups excluding tert-OH is 3. The molecule has 0 atom stereocenters. The molecule has 4 N–H and O–H groups in total. The normalized spacial score (nSPS) is 11.5. The second-order valence-corrected chi connectivity index (χ2v) is 2.56. The van der Waals surface area contributed by atoms with Gasteiger partial charge in [0.15, 0.2) is 6.29 Å². The van der Waals surface area contributed by atoms with Crippen LogP contribution < -0.4 is 0 Å². The van der Waals surface area contributed by atoms with Gasteiger partial charge in [-0.3, -0.25) is 4.90 Å². The summed E-state index contributed by atoms with van der Waals surface area (Å²) in [6.07, 6.45) is -1.08. The third-order valence-corrected chi connectivity index (χ3v) is 1.54. The number of hydrogen-bond acceptors (Lipinski definition) is 5. The molecule has 0 saturated heterocycles. The molecule has 0 bridgehead atoms. The third-order valence-electron chi connectivity index (χ3n) is 1.54. The van der Waals surface area contributed by atoms with Gasteiger partial charge in [0.2, 0.25) is 0 Å². The van der Waals surface area contributed by atoms with Crippen molar-refractivity contribution < 1.29 is 20.4 Å². The molecule has 0 aliphatic heterocycles. The second kappa shape index (κ2) is 7.45. The van der Waals surface area contributed by atoms with Crippen LogP contribution in [0.3, 0.4) is 0 Å². The molecule has 12 heavy (non-hydrogen) atoms. The summed E-state index contributed by atoms with van der Waals surface area (Å²) in [6, 6.07) is 0. The van der Waals surface area contributed by atoms with E-state index in [1.807, 2.05) is 0 Å². The average molecular weight is 179 g/mol. The molecule has 0 aromatic rings. The Morgan fingerprint density at radius 3 is 1.75 bits per heavy atom. The summed E-state index contributed by atoms with van der Waals surface area (Å²) in [5.74, 6) is 0. The predicted molar refractivity (Wildman–Crippen MR) is 43.5 cm³/mol. The fourth-order valence-electron chi connectivity index (χ4n) is 0.916. The number of nitrogens with zero attached hydrogens (tertiary/aromatic N) is 1. The van der Waals surface area contributed by atoms with Crippen LogP contribution in [0.15, 0.2) is 0 Å². The lowest BCUT2D eigenvalue weighted by molar-refractivity contribution is -0.0513. The summed E-state index contributed by atoms with van der Waals surface area (Å²) in [6.45, 7) is 1.41. The van der Waals surface area contributed by atoms with E-state index in [0.29, 0.717) is 19.6 Å². The lowest BCUT2D eigenvalue weighted by Crippen LogP contribution is -2.32. The highest BCUT2D eigenvalue weighted by molar-refractivity contribution is 4.56. The van der Waals surface area contributed by atoms with Crippen LogP contribution in [0.25, 0.3) is 0 Å². The molecule has 0 heterocycles. The van der Waals surface area contributed by atoms with Gasteiger partial charge >= 0.3 is 0 Å². The molecule has 0 aliphatic carbocycles.